The van der Waals surface area contributed by atoms with E-state index in [1.54, 1.807) is 36.4 Å². The quantitative estimate of drug-likeness (QED) is 0.777. The van der Waals surface area contributed by atoms with Crippen LogP contribution in [0.2, 0.25) is 5.02 Å². The number of halogens is 3. The summed E-state index contributed by atoms with van der Waals surface area (Å²) in [5.74, 6) is -1.27. The molecule has 5 nitrogen and oxygen atoms in total. The van der Waals surface area contributed by atoms with Crippen LogP contribution in [0.25, 0.3) is 5.70 Å². The first-order valence-electron chi connectivity index (χ1n) is 8.05. The van der Waals surface area contributed by atoms with Gasteiger partial charge in [0.25, 0.3) is 0 Å². The average Bonchev–Trinajstić information content (AvgIpc) is 2.71. The predicted octanol–water partition coefficient (Wildman–Crippen LogP) is 4.15. The van der Waals surface area contributed by atoms with Gasteiger partial charge in [0.2, 0.25) is 0 Å². The summed E-state index contributed by atoms with van der Waals surface area (Å²) in [5.41, 5.74) is 2.55. The number of hydrogen-bond donors (Lipinski definition) is 1. The molecular weight excluding hydrogens is 388 g/mol. The molecule has 0 radical (unpaired) electrons. The summed E-state index contributed by atoms with van der Waals surface area (Å²) in [6.45, 7) is 4.02. The average molecular weight is 408 g/mol. The number of rotatable bonds is 3. The van der Waals surface area contributed by atoms with E-state index in [1.165, 1.54) is 12.1 Å². The monoisotopic (exact) mass is 407 g/mol. The van der Waals surface area contributed by atoms with E-state index in [1.807, 2.05) is 18.9 Å². The number of hydrazone groups is 1. The standard InChI is InChI=1S/C18H14ClF2N3.CH4O.CH2O/c1-2-23-24-11-22-17(12-3-5-14(19)6-4-12)10-18(24)13-7-15(20)9-16(21)8-13;2*1-2/h2-10H,11H2,1H3;2H,1H3;1H2/b23-2-;;. The Morgan fingerprint density at radius 3 is 2.21 bits per heavy atom. The Labute approximate surface area is 167 Å². The van der Waals surface area contributed by atoms with Gasteiger partial charge in [0.15, 0.2) is 0 Å². The fourth-order valence-electron chi connectivity index (χ4n) is 2.44. The number of aliphatic imine (C=N–C) groups is 1. The van der Waals surface area contributed by atoms with Crippen molar-refractivity contribution in [2.75, 3.05) is 13.8 Å². The van der Waals surface area contributed by atoms with Crippen molar-refractivity contribution in [1.82, 2.24) is 5.01 Å². The van der Waals surface area contributed by atoms with Gasteiger partial charge in [-0.25, -0.2) is 13.8 Å². The molecule has 0 spiro atoms. The molecule has 3 rings (SSSR count). The molecule has 0 bridgehead atoms. The lowest BCUT2D eigenvalue weighted by Crippen LogP contribution is -2.22. The van der Waals surface area contributed by atoms with Crippen LogP contribution in [0.4, 0.5) is 8.78 Å². The Bertz CT molecular complexity index is 848. The van der Waals surface area contributed by atoms with E-state index >= 15 is 0 Å². The van der Waals surface area contributed by atoms with Gasteiger partial charge in [0.05, 0.1) is 11.4 Å². The highest BCUT2D eigenvalue weighted by atomic mass is 35.5. The van der Waals surface area contributed by atoms with E-state index in [0.717, 1.165) is 18.7 Å². The van der Waals surface area contributed by atoms with Crippen LogP contribution in [0.3, 0.4) is 0 Å². The molecule has 1 heterocycles. The molecule has 8 heteroatoms. The molecule has 0 amide bonds. The van der Waals surface area contributed by atoms with Crippen molar-refractivity contribution in [2.45, 2.75) is 6.92 Å². The van der Waals surface area contributed by atoms with Crippen LogP contribution in [0.5, 0.6) is 0 Å². The number of allylic oxidation sites excluding steroid dienone is 1. The van der Waals surface area contributed by atoms with Crippen LogP contribution in [0.15, 0.2) is 58.6 Å². The van der Waals surface area contributed by atoms with E-state index in [-0.39, 0.29) is 6.67 Å². The molecule has 0 atom stereocenters. The number of aliphatic hydroxyl groups excluding tert-OH is 1. The number of benzene rings is 2. The van der Waals surface area contributed by atoms with Crippen molar-refractivity contribution in [2.24, 2.45) is 10.1 Å². The summed E-state index contributed by atoms with van der Waals surface area (Å²) >= 11 is 5.91. The number of hydrogen-bond acceptors (Lipinski definition) is 5. The highest BCUT2D eigenvalue weighted by molar-refractivity contribution is 6.30. The SMILES string of the molecule is C/C=N\N1CN=C(c2ccc(Cl)cc2)C=C1c1cc(F)cc(F)c1.C=O.CO. The van der Waals surface area contributed by atoms with E-state index in [4.69, 9.17) is 21.5 Å². The minimum absolute atomic E-state index is 0.256. The molecular formula is C20H20ClF2N3O2. The molecule has 1 aliphatic rings. The summed E-state index contributed by atoms with van der Waals surface area (Å²) in [4.78, 5) is 12.5. The van der Waals surface area contributed by atoms with Crippen LogP contribution in [0.1, 0.15) is 18.1 Å². The van der Waals surface area contributed by atoms with Crippen molar-refractivity contribution < 1.29 is 18.7 Å². The third-order valence-corrected chi connectivity index (χ3v) is 3.73. The van der Waals surface area contributed by atoms with Crippen molar-refractivity contribution in [3.05, 3.63) is 76.3 Å². The van der Waals surface area contributed by atoms with Crippen molar-refractivity contribution in [3.8, 4) is 0 Å². The van der Waals surface area contributed by atoms with Crippen molar-refractivity contribution >= 4 is 36.0 Å². The summed E-state index contributed by atoms with van der Waals surface area (Å²) in [7, 11) is 1.00. The second-order valence-electron chi connectivity index (χ2n) is 5.15. The van der Waals surface area contributed by atoms with Crippen molar-refractivity contribution in [3.63, 3.8) is 0 Å². The third-order valence-electron chi connectivity index (χ3n) is 3.48. The molecule has 0 saturated carbocycles. The molecule has 2 aromatic carbocycles. The first-order valence-corrected chi connectivity index (χ1v) is 8.43. The molecule has 28 heavy (non-hydrogen) atoms. The summed E-state index contributed by atoms with van der Waals surface area (Å²) < 4.78 is 27.2. The van der Waals surface area contributed by atoms with Gasteiger partial charge < -0.3 is 9.90 Å². The molecule has 0 unspecified atom stereocenters. The highest BCUT2D eigenvalue weighted by Gasteiger charge is 2.18. The zero-order valence-corrected chi connectivity index (χ0v) is 16.2. The Morgan fingerprint density at radius 2 is 1.68 bits per heavy atom. The van der Waals surface area contributed by atoms with Crippen LogP contribution >= 0.6 is 11.6 Å². The topological polar surface area (TPSA) is 65.3 Å². The van der Waals surface area contributed by atoms with Gasteiger partial charge in [-0.3, -0.25) is 4.99 Å². The van der Waals surface area contributed by atoms with Gasteiger partial charge in [-0.05, 0) is 42.8 Å². The normalized spacial score (nSPS) is 13.0. The molecule has 1 N–H and O–H groups in total. The Balaban J connectivity index is 0.000000921. The number of aliphatic hydroxyl groups is 1. The minimum Gasteiger partial charge on any atom is -0.400 e. The van der Waals surface area contributed by atoms with Crippen LogP contribution in [-0.4, -0.2) is 42.6 Å². The second-order valence-corrected chi connectivity index (χ2v) is 5.59. The number of carbonyl (C=O) groups is 1. The third kappa shape index (κ3) is 6.07. The van der Waals surface area contributed by atoms with Gasteiger partial charge in [0.1, 0.15) is 25.1 Å². The number of nitrogens with zero attached hydrogens (tertiary/aromatic N) is 3. The zero-order chi connectivity index (χ0) is 21.1. The predicted molar refractivity (Wildman–Crippen MR) is 108 cm³/mol. The molecule has 0 saturated heterocycles. The molecule has 0 aliphatic carbocycles. The molecule has 0 aromatic heterocycles. The second kappa shape index (κ2) is 11.7. The van der Waals surface area contributed by atoms with Gasteiger partial charge in [0, 0.05) is 30.0 Å². The smallest absolute Gasteiger partial charge is 0.132 e. The van der Waals surface area contributed by atoms with Gasteiger partial charge >= 0.3 is 0 Å². The highest BCUT2D eigenvalue weighted by Crippen LogP contribution is 2.26. The van der Waals surface area contributed by atoms with Gasteiger partial charge in [-0.2, -0.15) is 5.10 Å². The van der Waals surface area contributed by atoms with E-state index in [9.17, 15) is 8.78 Å². The molecule has 2 aromatic rings. The lowest BCUT2D eigenvalue weighted by Gasteiger charge is -2.25. The Morgan fingerprint density at radius 1 is 1.11 bits per heavy atom. The van der Waals surface area contributed by atoms with E-state index in [0.29, 0.717) is 22.0 Å². The molecule has 148 valence electrons. The van der Waals surface area contributed by atoms with Gasteiger partial charge in [-0.1, -0.05) is 23.7 Å². The fourth-order valence-corrected chi connectivity index (χ4v) is 2.56. The lowest BCUT2D eigenvalue weighted by atomic mass is 10.0. The van der Waals surface area contributed by atoms with Gasteiger partial charge in [-0.15, -0.1) is 0 Å². The molecule has 0 fully saturated rings. The first-order chi connectivity index (χ1) is 13.6. The Kier molecular flexibility index (Phi) is 9.70. The minimum atomic E-state index is -0.637. The van der Waals surface area contributed by atoms with Crippen LogP contribution in [-0.2, 0) is 4.79 Å². The number of carbonyl (C=O) groups excluding carboxylic acids is 1. The maximum absolute atomic E-state index is 13.6. The summed E-state index contributed by atoms with van der Waals surface area (Å²) in [5, 5.41) is 13.4. The maximum atomic E-state index is 13.6. The largest absolute Gasteiger partial charge is 0.400 e. The summed E-state index contributed by atoms with van der Waals surface area (Å²) in [6.07, 6.45) is 3.36. The van der Waals surface area contributed by atoms with Crippen LogP contribution in [0, 0.1) is 11.6 Å². The lowest BCUT2D eigenvalue weighted by molar-refractivity contribution is -0.0979. The van der Waals surface area contributed by atoms with Crippen molar-refractivity contribution in [1.29, 1.82) is 0 Å². The maximum Gasteiger partial charge on any atom is 0.132 e. The Hall–Kier alpha value is -2.90. The van der Waals surface area contributed by atoms with E-state index in [2.05, 4.69) is 10.1 Å². The zero-order valence-electron chi connectivity index (χ0n) is 15.4. The molecule has 1 aliphatic heterocycles. The fraction of sp³-hybridized carbons (Fsp3) is 0.150. The van der Waals surface area contributed by atoms with E-state index < -0.39 is 11.6 Å². The first kappa shape index (κ1) is 23.1. The summed E-state index contributed by atoms with van der Waals surface area (Å²) in [6, 6.07) is 10.6. The van der Waals surface area contributed by atoms with Crippen LogP contribution < -0.4 is 0 Å².